The minimum atomic E-state index is -0.0768. The topological polar surface area (TPSA) is 84.7 Å². The molecule has 2 heterocycles. The van der Waals surface area contributed by atoms with Crippen molar-refractivity contribution in [2.45, 2.75) is 34.6 Å². The van der Waals surface area contributed by atoms with Crippen LogP contribution in [0.5, 0.6) is 0 Å². The Balaban J connectivity index is 1.59. The summed E-state index contributed by atoms with van der Waals surface area (Å²) in [5.41, 5.74) is 4.92. The second kappa shape index (κ2) is 8.21. The van der Waals surface area contributed by atoms with Crippen molar-refractivity contribution in [2.24, 2.45) is 0 Å². The van der Waals surface area contributed by atoms with Gasteiger partial charge in [0.1, 0.15) is 11.6 Å². The summed E-state index contributed by atoms with van der Waals surface area (Å²) < 4.78 is 1.80. The number of hydrogen-bond donors (Lipinski definition) is 2. The van der Waals surface area contributed by atoms with E-state index in [4.69, 9.17) is 0 Å². The van der Waals surface area contributed by atoms with Crippen LogP contribution in [-0.2, 0) is 0 Å². The van der Waals surface area contributed by atoms with Crippen LogP contribution in [-0.4, -0.2) is 38.7 Å². The van der Waals surface area contributed by atoms with Crippen LogP contribution in [0.3, 0.4) is 0 Å². The molecule has 1 aromatic carbocycles. The van der Waals surface area contributed by atoms with Gasteiger partial charge in [0.25, 0.3) is 5.91 Å². The number of benzene rings is 1. The van der Waals surface area contributed by atoms with Crippen LogP contribution in [0.4, 0.5) is 5.82 Å². The molecule has 2 N–H and O–H groups in total. The molecule has 0 unspecified atom stereocenters. The van der Waals surface area contributed by atoms with E-state index in [2.05, 4.69) is 25.7 Å². The maximum absolute atomic E-state index is 12.3. The first-order chi connectivity index (χ1) is 13.3. The summed E-state index contributed by atoms with van der Waals surface area (Å²) in [4.78, 5) is 21.2. The molecule has 0 aliphatic rings. The quantitative estimate of drug-likeness (QED) is 0.644. The number of nitrogens with one attached hydrogen (secondary N) is 2. The highest BCUT2D eigenvalue weighted by Crippen LogP contribution is 2.14. The van der Waals surface area contributed by atoms with Gasteiger partial charge >= 0.3 is 0 Å². The van der Waals surface area contributed by atoms with Crippen LogP contribution in [0.1, 0.15) is 38.7 Å². The summed E-state index contributed by atoms with van der Waals surface area (Å²) in [5, 5.41) is 10.6. The summed E-state index contributed by atoms with van der Waals surface area (Å²) in [5.74, 6) is 2.01. The third kappa shape index (κ3) is 4.54. The Morgan fingerprint density at radius 1 is 0.964 bits per heavy atom. The Morgan fingerprint density at radius 2 is 1.75 bits per heavy atom. The molecule has 0 spiro atoms. The van der Waals surface area contributed by atoms with E-state index in [0.29, 0.717) is 30.3 Å². The molecule has 0 saturated heterocycles. The highest BCUT2D eigenvalue weighted by molar-refractivity contribution is 5.94. The van der Waals surface area contributed by atoms with Gasteiger partial charge in [-0.3, -0.25) is 4.79 Å². The van der Waals surface area contributed by atoms with Crippen LogP contribution >= 0.6 is 0 Å². The molecule has 1 amide bonds. The maximum atomic E-state index is 12.3. The number of amides is 1. The van der Waals surface area contributed by atoms with Crippen molar-refractivity contribution in [3.63, 3.8) is 0 Å². The Hall–Kier alpha value is -3.22. The number of rotatable bonds is 6. The SMILES string of the molecule is Cc1cc(C)n(-c2cc(NCCNC(=O)c3ccc(C)c(C)c3)nc(C)n2)n1. The lowest BCUT2D eigenvalue weighted by Crippen LogP contribution is -2.29. The number of carbonyl (C=O) groups is 1. The van der Waals surface area contributed by atoms with Gasteiger partial charge in [0.15, 0.2) is 5.82 Å². The summed E-state index contributed by atoms with van der Waals surface area (Å²) >= 11 is 0. The highest BCUT2D eigenvalue weighted by Gasteiger charge is 2.09. The van der Waals surface area contributed by atoms with E-state index >= 15 is 0 Å². The predicted molar refractivity (Wildman–Crippen MR) is 110 cm³/mol. The minimum Gasteiger partial charge on any atom is -0.368 e. The molecule has 0 radical (unpaired) electrons. The van der Waals surface area contributed by atoms with Crippen molar-refractivity contribution in [1.29, 1.82) is 0 Å². The van der Waals surface area contributed by atoms with Gasteiger partial charge in [-0.05, 0) is 63.9 Å². The number of hydrogen-bond acceptors (Lipinski definition) is 5. The lowest BCUT2D eigenvalue weighted by atomic mass is 10.1. The molecule has 0 fully saturated rings. The smallest absolute Gasteiger partial charge is 0.251 e. The number of anilines is 1. The molecule has 2 aromatic heterocycles. The molecular formula is C21H26N6O. The summed E-state index contributed by atoms with van der Waals surface area (Å²) in [6.45, 7) is 10.9. The molecule has 3 rings (SSSR count). The number of nitrogens with zero attached hydrogens (tertiary/aromatic N) is 4. The monoisotopic (exact) mass is 378 g/mol. The molecule has 7 heteroatoms. The number of carbonyl (C=O) groups excluding carboxylic acids is 1. The van der Waals surface area contributed by atoms with Crippen molar-refractivity contribution in [1.82, 2.24) is 25.1 Å². The highest BCUT2D eigenvalue weighted by atomic mass is 16.1. The first-order valence-corrected chi connectivity index (χ1v) is 9.32. The van der Waals surface area contributed by atoms with E-state index in [9.17, 15) is 4.79 Å². The van der Waals surface area contributed by atoms with Crippen molar-refractivity contribution in [2.75, 3.05) is 18.4 Å². The van der Waals surface area contributed by atoms with Gasteiger partial charge in [-0.2, -0.15) is 5.10 Å². The van der Waals surface area contributed by atoms with Gasteiger partial charge in [-0.1, -0.05) is 6.07 Å². The van der Waals surface area contributed by atoms with E-state index in [1.54, 1.807) is 4.68 Å². The van der Waals surface area contributed by atoms with Crippen molar-refractivity contribution >= 4 is 11.7 Å². The Kier molecular flexibility index (Phi) is 5.73. The van der Waals surface area contributed by atoms with Crippen molar-refractivity contribution < 1.29 is 4.79 Å². The number of aromatic nitrogens is 4. The molecule has 0 aliphatic carbocycles. The molecule has 0 saturated carbocycles. The fourth-order valence-corrected chi connectivity index (χ4v) is 2.96. The summed E-state index contributed by atoms with van der Waals surface area (Å²) in [7, 11) is 0. The van der Waals surface area contributed by atoms with Gasteiger partial charge in [0.05, 0.1) is 5.69 Å². The zero-order valence-electron chi connectivity index (χ0n) is 17.0. The van der Waals surface area contributed by atoms with Gasteiger partial charge in [-0.25, -0.2) is 14.6 Å². The third-order valence-corrected chi connectivity index (χ3v) is 4.54. The Labute approximate surface area is 165 Å². The second-order valence-corrected chi connectivity index (χ2v) is 6.98. The van der Waals surface area contributed by atoms with Crippen LogP contribution < -0.4 is 10.6 Å². The zero-order chi connectivity index (χ0) is 20.3. The van der Waals surface area contributed by atoms with Crippen molar-refractivity contribution in [3.8, 4) is 5.82 Å². The third-order valence-electron chi connectivity index (χ3n) is 4.54. The molecule has 3 aromatic rings. The van der Waals surface area contributed by atoms with E-state index in [-0.39, 0.29) is 5.91 Å². The largest absolute Gasteiger partial charge is 0.368 e. The second-order valence-electron chi connectivity index (χ2n) is 6.98. The van der Waals surface area contributed by atoms with Gasteiger partial charge in [0.2, 0.25) is 0 Å². The van der Waals surface area contributed by atoms with Gasteiger partial charge < -0.3 is 10.6 Å². The first kappa shape index (κ1) is 19.5. The minimum absolute atomic E-state index is 0.0768. The van der Waals surface area contributed by atoms with E-state index in [0.717, 1.165) is 22.8 Å². The maximum Gasteiger partial charge on any atom is 0.251 e. The van der Waals surface area contributed by atoms with Crippen LogP contribution in [0, 0.1) is 34.6 Å². The summed E-state index contributed by atoms with van der Waals surface area (Å²) in [6, 6.07) is 9.59. The predicted octanol–water partition coefficient (Wildman–Crippen LogP) is 3.05. The average Bonchev–Trinajstić information content (AvgIpc) is 2.98. The molecule has 146 valence electrons. The lowest BCUT2D eigenvalue weighted by molar-refractivity contribution is 0.0955. The van der Waals surface area contributed by atoms with E-state index in [1.807, 2.05) is 65.0 Å². The zero-order valence-corrected chi connectivity index (χ0v) is 17.0. The number of aryl methyl sites for hydroxylation is 5. The van der Waals surface area contributed by atoms with Crippen LogP contribution in [0.2, 0.25) is 0 Å². The fraction of sp³-hybridized carbons (Fsp3) is 0.333. The van der Waals surface area contributed by atoms with Crippen molar-refractivity contribution in [3.05, 3.63) is 64.2 Å². The Bertz CT molecular complexity index is 1010. The van der Waals surface area contributed by atoms with E-state index < -0.39 is 0 Å². The Morgan fingerprint density at radius 3 is 2.43 bits per heavy atom. The average molecular weight is 378 g/mol. The lowest BCUT2D eigenvalue weighted by Gasteiger charge is -2.11. The van der Waals surface area contributed by atoms with Crippen LogP contribution in [0.25, 0.3) is 5.82 Å². The van der Waals surface area contributed by atoms with E-state index in [1.165, 1.54) is 5.56 Å². The van der Waals surface area contributed by atoms with Crippen LogP contribution in [0.15, 0.2) is 30.3 Å². The standard InChI is InChI=1S/C21H26N6O/c1-13-6-7-18(10-14(13)2)21(28)23-9-8-22-19-12-20(25-17(5)24-19)27-16(4)11-15(3)26-27/h6-7,10-12H,8-9H2,1-5H3,(H,23,28)(H,22,24,25). The van der Waals surface area contributed by atoms with Gasteiger partial charge in [0, 0.05) is 30.4 Å². The molecule has 28 heavy (non-hydrogen) atoms. The summed E-state index contributed by atoms with van der Waals surface area (Å²) in [6.07, 6.45) is 0. The molecule has 0 aliphatic heterocycles. The van der Waals surface area contributed by atoms with Gasteiger partial charge in [-0.15, -0.1) is 0 Å². The molecule has 0 bridgehead atoms. The normalized spacial score (nSPS) is 10.8. The molecule has 0 atom stereocenters. The fourth-order valence-electron chi connectivity index (χ4n) is 2.96. The molecule has 7 nitrogen and oxygen atoms in total. The molecular weight excluding hydrogens is 352 g/mol. The first-order valence-electron chi connectivity index (χ1n) is 9.32.